The Morgan fingerprint density at radius 1 is 0.889 bits per heavy atom. The Bertz CT molecular complexity index is 1480. The van der Waals surface area contributed by atoms with Gasteiger partial charge in [0, 0.05) is 29.2 Å². The lowest BCUT2D eigenvalue weighted by Crippen LogP contribution is -2.07. The molecule has 0 unspecified atom stereocenters. The number of nitrogens with zero attached hydrogens (tertiary/aromatic N) is 6. The number of benzene rings is 3. The van der Waals surface area contributed by atoms with Crippen LogP contribution in [0.1, 0.15) is 11.4 Å². The van der Waals surface area contributed by atoms with Gasteiger partial charge < -0.3 is 0 Å². The number of aromatic nitrogens is 5. The quantitative estimate of drug-likeness (QED) is 0.209. The first-order valence-electron chi connectivity index (χ1n) is 11.5. The number of rotatable bonds is 9. The molecule has 0 aliphatic heterocycles. The van der Waals surface area contributed by atoms with Crippen LogP contribution in [-0.4, -0.2) is 48.8 Å². The SMILES string of the molecule is Cc1nnc(SCC(=O)CN=Cc2cn(-c3ccccc3)nc2-c2ccccc2)n1-c1ccccc1. The molecule has 3 aromatic carbocycles. The molecule has 0 saturated heterocycles. The average molecular weight is 493 g/mol. The zero-order chi connectivity index (χ0) is 24.7. The molecule has 0 spiro atoms. The summed E-state index contributed by atoms with van der Waals surface area (Å²) in [5.41, 5.74) is 4.59. The van der Waals surface area contributed by atoms with Crippen LogP contribution in [-0.2, 0) is 4.79 Å². The van der Waals surface area contributed by atoms with E-state index in [0.717, 1.165) is 34.0 Å². The van der Waals surface area contributed by atoms with Crippen LogP contribution in [0.4, 0.5) is 0 Å². The average Bonchev–Trinajstić information content (AvgIpc) is 3.52. The van der Waals surface area contributed by atoms with E-state index in [0.29, 0.717) is 5.16 Å². The highest BCUT2D eigenvalue weighted by molar-refractivity contribution is 7.99. The minimum Gasteiger partial charge on any atom is -0.297 e. The van der Waals surface area contributed by atoms with E-state index in [4.69, 9.17) is 5.10 Å². The molecule has 0 radical (unpaired) electrons. The lowest BCUT2D eigenvalue weighted by Gasteiger charge is -2.07. The summed E-state index contributed by atoms with van der Waals surface area (Å²) in [7, 11) is 0. The van der Waals surface area contributed by atoms with E-state index in [-0.39, 0.29) is 18.1 Å². The van der Waals surface area contributed by atoms with Crippen LogP contribution >= 0.6 is 11.8 Å². The predicted molar refractivity (Wildman–Crippen MR) is 143 cm³/mol. The molecule has 0 amide bonds. The highest BCUT2D eigenvalue weighted by atomic mass is 32.2. The Morgan fingerprint density at radius 3 is 2.22 bits per heavy atom. The second kappa shape index (κ2) is 11.0. The van der Waals surface area contributed by atoms with Crippen LogP contribution in [0.25, 0.3) is 22.6 Å². The summed E-state index contributed by atoms with van der Waals surface area (Å²) in [5, 5.41) is 13.9. The number of Topliss-reactive ketones (excluding diaryl/α,β-unsaturated/α-hetero) is 1. The van der Waals surface area contributed by atoms with Crippen LogP contribution in [0, 0.1) is 6.92 Å². The Labute approximate surface area is 213 Å². The molecule has 0 atom stereocenters. The van der Waals surface area contributed by atoms with Crippen molar-refractivity contribution in [3.8, 4) is 22.6 Å². The Hall–Kier alpha value is -4.30. The number of hydrogen-bond acceptors (Lipinski definition) is 6. The van der Waals surface area contributed by atoms with Gasteiger partial charge in [-0.15, -0.1) is 10.2 Å². The van der Waals surface area contributed by atoms with Crippen molar-refractivity contribution in [3.05, 3.63) is 109 Å². The highest BCUT2D eigenvalue weighted by Gasteiger charge is 2.14. The van der Waals surface area contributed by atoms with E-state index >= 15 is 0 Å². The first-order valence-corrected chi connectivity index (χ1v) is 12.5. The third-order valence-electron chi connectivity index (χ3n) is 5.48. The van der Waals surface area contributed by atoms with Crippen LogP contribution in [0.2, 0.25) is 0 Å². The lowest BCUT2D eigenvalue weighted by molar-refractivity contribution is -0.115. The van der Waals surface area contributed by atoms with Gasteiger partial charge in [0.1, 0.15) is 11.5 Å². The fourth-order valence-electron chi connectivity index (χ4n) is 3.76. The predicted octanol–water partition coefficient (Wildman–Crippen LogP) is 5.21. The van der Waals surface area contributed by atoms with Crippen molar-refractivity contribution in [2.45, 2.75) is 12.1 Å². The summed E-state index contributed by atoms with van der Waals surface area (Å²) in [6.45, 7) is 1.98. The van der Waals surface area contributed by atoms with Gasteiger partial charge in [-0.3, -0.25) is 14.4 Å². The summed E-state index contributed by atoms with van der Waals surface area (Å²) in [4.78, 5) is 17.1. The molecule has 178 valence electrons. The van der Waals surface area contributed by atoms with E-state index < -0.39 is 0 Å². The van der Waals surface area contributed by atoms with E-state index in [1.807, 2.05) is 113 Å². The fourth-order valence-corrected chi connectivity index (χ4v) is 4.61. The molecule has 0 bridgehead atoms. The number of thioether (sulfide) groups is 1. The van der Waals surface area contributed by atoms with E-state index in [1.165, 1.54) is 11.8 Å². The number of aryl methyl sites for hydroxylation is 1. The van der Waals surface area contributed by atoms with Crippen molar-refractivity contribution >= 4 is 23.8 Å². The van der Waals surface area contributed by atoms with Crippen LogP contribution in [0.5, 0.6) is 0 Å². The second-order valence-corrected chi connectivity index (χ2v) is 9.02. The molecule has 0 fully saturated rings. The summed E-state index contributed by atoms with van der Waals surface area (Å²) in [6, 6.07) is 29.8. The van der Waals surface area contributed by atoms with Gasteiger partial charge in [0.25, 0.3) is 0 Å². The Morgan fingerprint density at radius 2 is 1.53 bits per heavy atom. The van der Waals surface area contributed by atoms with Crippen molar-refractivity contribution in [1.82, 2.24) is 24.5 Å². The molecule has 0 aliphatic carbocycles. The summed E-state index contributed by atoms with van der Waals surface area (Å²) < 4.78 is 3.78. The molecule has 8 heteroatoms. The first-order chi connectivity index (χ1) is 17.7. The first kappa shape index (κ1) is 23.4. The van der Waals surface area contributed by atoms with Crippen molar-refractivity contribution < 1.29 is 4.79 Å². The number of para-hydroxylation sites is 2. The number of carbonyl (C=O) groups is 1. The monoisotopic (exact) mass is 492 g/mol. The maximum absolute atomic E-state index is 12.6. The number of hydrogen-bond donors (Lipinski definition) is 0. The third-order valence-corrected chi connectivity index (χ3v) is 6.47. The molecular formula is C28H24N6OS. The fraction of sp³-hybridized carbons (Fsp3) is 0.107. The standard InChI is InChI=1S/C28H24N6OS/c1-21-30-31-28(34(21)25-15-9-4-10-16-25)36-20-26(35)18-29-17-23-19-33(24-13-7-3-8-14-24)32-27(23)22-11-5-2-6-12-22/h2-17,19H,18,20H2,1H3. The molecule has 0 aliphatic rings. The van der Waals surface area contributed by atoms with Crippen molar-refractivity contribution in [3.63, 3.8) is 0 Å². The maximum atomic E-state index is 12.6. The zero-order valence-corrected chi connectivity index (χ0v) is 20.5. The van der Waals surface area contributed by atoms with Gasteiger partial charge in [0.15, 0.2) is 10.9 Å². The van der Waals surface area contributed by atoms with Crippen LogP contribution in [0.15, 0.2) is 107 Å². The van der Waals surface area contributed by atoms with Gasteiger partial charge in [0.2, 0.25) is 0 Å². The lowest BCUT2D eigenvalue weighted by atomic mass is 10.1. The van der Waals surface area contributed by atoms with E-state index in [9.17, 15) is 4.79 Å². The molecule has 2 aromatic heterocycles. The highest BCUT2D eigenvalue weighted by Crippen LogP contribution is 2.23. The van der Waals surface area contributed by atoms with Gasteiger partial charge >= 0.3 is 0 Å². The molecule has 36 heavy (non-hydrogen) atoms. The summed E-state index contributed by atoms with van der Waals surface area (Å²) >= 11 is 1.37. The van der Waals surface area contributed by atoms with Gasteiger partial charge in [-0.2, -0.15) is 5.10 Å². The summed E-state index contributed by atoms with van der Waals surface area (Å²) in [6.07, 6.45) is 3.67. The Kier molecular flexibility index (Phi) is 7.14. The van der Waals surface area contributed by atoms with Crippen molar-refractivity contribution in [2.75, 3.05) is 12.3 Å². The molecule has 0 saturated carbocycles. The molecule has 2 heterocycles. The van der Waals surface area contributed by atoms with Crippen molar-refractivity contribution in [2.24, 2.45) is 4.99 Å². The largest absolute Gasteiger partial charge is 0.297 e. The van der Waals surface area contributed by atoms with Crippen molar-refractivity contribution in [1.29, 1.82) is 0 Å². The smallest absolute Gasteiger partial charge is 0.196 e. The Balaban J connectivity index is 1.29. The van der Waals surface area contributed by atoms with Gasteiger partial charge in [-0.05, 0) is 31.2 Å². The van der Waals surface area contributed by atoms with E-state index in [1.54, 1.807) is 6.21 Å². The molecule has 7 nitrogen and oxygen atoms in total. The van der Waals surface area contributed by atoms with Crippen LogP contribution < -0.4 is 0 Å². The minimum absolute atomic E-state index is 0.00762. The van der Waals surface area contributed by atoms with E-state index in [2.05, 4.69) is 15.2 Å². The topological polar surface area (TPSA) is 78.0 Å². The van der Waals surface area contributed by atoms with Gasteiger partial charge in [-0.25, -0.2) is 4.68 Å². The van der Waals surface area contributed by atoms with Crippen LogP contribution in [0.3, 0.4) is 0 Å². The normalized spacial score (nSPS) is 11.2. The number of ketones is 1. The third kappa shape index (κ3) is 5.34. The molecule has 5 rings (SSSR count). The number of carbonyl (C=O) groups excluding carboxylic acids is 1. The molecule has 0 N–H and O–H groups in total. The molecule has 5 aromatic rings. The van der Waals surface area contributed by atoms with Gasteiger partial charge in [0.05, 0.1) is 18.0 Å². The minimum atomic E-state index is 0.00762. The molecular weight excluding hydrogens is 468 g/mol. The summed E-state index contributed by atoms with van der Waals surface area (Å²) in [5.74, 6) is 1.04. The maximum Gasteiger partial charge on any atom is 0.196 e. The second-order valence-electron chi connectivity index (χ2n) is 8.08. The number of aliphatic imine (C=N–C) groups is 1. The zero-order valence-electron chi connectivity index (χ0n) is 19.7. The van der Waals surface area contributed by atoms with Gasteiger partial charge in [-0.1, -0.05) is 78.5 Å².